The van der Waals surface area contributed by atoms with E-state index in [9.17, 15) is 4.79 Å². The van der Waals surface area contributed by atoms with Gasteiger partial charge in [0.25, 0.3) is 0 Å². The van der Waals surface area contributed by atoms with Crippen LogP contribution in [0.5, 0.6) is 0 Å². The van der Waals surface area contributed by atoms with Crippen LogP contribution in [0, 0.1) is 0 Å². The minimum atomic E-state index is -0.395. The van der Waals surface area contributed by atoms with E-state index in [1.165, 1.54) is 16.6 Å². The number of nitrogens with one attached hydrogen (secondary N) is 1. The van der Waals surface area contributed by atoms with Gasteiger partial charge in [-0.2, -0.15) is 0 Å². The fourth-order valence-corrected chi connectivity index (χ4v) is 1.66. The van der Waals surface area contributed by atoms with Crippen molar-refractivity contribution in [2.24, 2.45) is 0 Å². The number of carbonyl (C=O) groups is 1. The van der Waals surface area contributed by atoms with E-state index < -0.39 is 6.04 Å². The van der Waals surface area contributed by atoms with Crippen LogP contribution in [-0.2, 0) is 11.2 Å². The van der Waals surface area contributed by atoms with Crippen molar-refractivity contribution in [1.29, 1.82) is 0 Å². The Labute approximate surface area is 111 Å². The second-order valence-corrected chi connectivity index (χ2v) is 4.22. The summed E-state index contributed by atoms with van der Waals surface area (Å²) in [6.07, 6.45) is 6.79. The Hall–Kier alpha value is -2.31. The van der Waals surface area contributed by atoms with Gasteiger partial charge in [-0.1, -0.05) is 6.07 Å². The number of hydrogen-bond acceptors (Lipinski definition) is 5. The highest BCUT2D eigenvalue weighted by Gasteiger charge is 2.14. The van der Waals surface area contributed by atoms with Crippen molar-refractivity contribution in [3.63, 3.8) is 0 Å². The van der Waals surface area contributed by atoms with Crippen molar-refractivity contribution in [1.82, 2.24) is 30.5 Å². The van der Waals surface area contributed by atoms with E-state index in [-0.39, 0.29) is 5.91 Å². The van der Waals surface area contributed by atoms with Gasteiger partial charge in [0.15, 0.2) is 0 Å². The molecule has 1 N–H and O–H groups in total. The Morgan fingerprint density at radius 3 is 3.11 bits per heavy atom. The molecule has 0 radical (unpaired) electrons. The van der Waals surface area contributed by atoms with Crippen molar-refractivity contribution < 1.29 is 4.79 Å². The van der Waals surface area contributed by atoms with Crippen LogP contribution in [0.1, 0.15) is 24.9 Å². The van der Waals surface area contributed by atoms with E-state index in [1.54, 1.807) is 13.1 Å². The molecule has 0 aliphatic rings. The molecule has 100 valence electrons. The quantitative estimate of drug-likeness (QED) is 0.759. The molecule has 0 saturated heterocycles. The molecule has 0 aliphatic heterocycles. The fourth-order valence-electron chi connectivity index (χ4n) is 1.66. The fraction of sp³-hybridized carbons (Fsp3) is 0.417. The number of pyridine rings is 1. The first kappa shape index (κ1) is 13.1. The highest BCUT2D eigenvalue weighted by atomic mass is 16.2. The number of tetrazole rings is 1. The number of carbonyl (C=O) groups excluding carboxylic acids is 1. The van der Waals surface area contributed by atoms with Gasteiger partial charge in [0, 0.05) is 18.9 Å². The first-order valence-corrected chi connectivity index (χ1v) is 6.16. The second-order valence-electron chi connectivity index (χ2n) is 4.22. The molecule has 2 aromatic rings. The van der Waals surface area contributed by atoms with Crippen LogP contribution in [0.25, 0.3) is 0 Å². The van der Waals surface area contributed by atoms with Crippen LogP contribution in [0.2, 0.25) is 0 Å². The van der Waals surface area contributed by atoms with Crippen LogP contribution in [-0.4, -0.2) is 37.6 Å². The van der Waals surface area contributed by atoms with Crippen LogP contribution in [0.3, 0.4) is 0 Å². The van der Waals surface area contributed by atoms with E-state index in [0.717, 1.165) is 12.8 Å². The number of hydrogen-bond donors (Lipinski definition) is 1. The molecule has 2 heterocycles. The Morgan fingerprint density at radius 2 is 2.42 bits per heavy atom. The molecule has 7 nitrogen and oxygen atoms in total. The Morgan fingerprint density at radius 1 is 1.53 bits per heavy atom. The predicted molar refractivity (Wildman–Crippen MR) is 68.1 cm³/mol. The van der Waals surface area contributed by atoms with E-state index >= 15 is 0 Å². The first-order chi connectivity index (χ1) is 9.27. The van der Waals surface area contributed by atoms with Gasteiger partial charge >= 0.3 is 0 Å². The molecule has 0 saturated carbocycles. The summed E-state index contributed by atoms with van der Waals surface area (Å²) in [6, 6.07) is 3.54. The minimum Gasteiger partial charge on any atom is -0.354 e. The number of rotatable bonds is 6. The summed E-state index contributed by atoms with van der Waals surface area (Å²) in [5.41, 5.74) is 1.17. The highest BCUT2D eigenvalue weighted by Crippen LogP contribution is 2.02. The number of aryl methyl sites for hydroxylation is 1. The normalized spacial score (nSPS) is 12.1. The zero-order valence-electron chi connectivity index (χ0n) is 10.7. The van der Waals surface area contributed by atoms with Gasteiger partial charge in [-0.15, -0.1) is 5.10 Å². The Bertz CT molecular complexity index is 498. The maximum absolute atomic E-state index is 11.8. The number of amides is 1. The third kappa shape index (κ3) is 3.84. The SMILES string of the molecule is C[C@@H](C(=O)NCCCc1cccnc1)n1cnnn1. The molecular formula is C12H16N6O. The molecule has 7 heteroatoms. The molecule has 0 aromatic carbocycles. The summed E-state index contributed by atoms with van der Waals surface area (Å²) in [7, 11) is 0. The van der Waals surface area contributed by atoms with Crippen molar-refractivity contribution in [3.05, 3.63) is 36.4 Å². The summed E-state index contributed by atoms with van der Waals surface area (Å²) >= 11 is 0. The molecule has 19 heavy (non-hydrogen) atoms. The molecule has 0 spiro atoms. The summed E-state index contributed by atoms with van der Waals surface area (Å²) < 4.78 is 1.43. The molecule has 0 fully saturated rings. The highest BCUT2D eigenvalue weighted by molar-refractivity contribution is 5.79. The lowest BCUT2D eigenvalue weighted by Gasteiger charge is -2.11. The first-order valence-electron chi connectivity index (χ1n) is 6.16. The third-order valence-electron chi connectivity index (χ3n) is 2.81. The van der Waals surface area contributed by atoms with E-state index in [1.807, 2.05) is 18.3 Å². The van der Waals surface area contributed by atoms with E-state index in [0.29, 0.717) is 6.54 Å². The van der Waals surface area contributed by atoms with Gasteiger partial charge in [-0.3, -0.25) is 9.78 Å². The third-order valence-corrected chi connectivity index (χ3v) is 2.81. The lowest BCUT2D eigenvalue weighted by molar-refractivity contribution is -0.124. The topological polar surface area (TPSA) is 85.6 Å². The van der Waals surface area contributed by atoms with Gasteiger partial charge in [0.2, 0.25) is 5.91 Å². The summed E-state index contributed by atoms with van der Waals surface area (Å²) in [6.45, 7) is 2.38. The summed E-state index contributed by atoms with van der Waals surface area (Å²) in [5, 5.41) is 13.6. The molecule has 1 atom stereocenters. The molecule has 2 aromatic heterocycles. The van der Waals surface area contributed by atoms with Gasteiger partial charge in [0.05, 0.1) is 0 Å². The maximum Gasteiger partial charge on any atom is 0.244 e. The maximum atomic E-state index is 11.8. The molecule has 0 unspecified atom stereocenters. The van der Waals surface area contributed by atoms with Crippen molar-refractivity contribution in [2.45, 2.75) is 25.8 Å². The van der Waals surface area contributed by atoms with Gasteiger partial charge in [-0.25, -0.2) is 4.68 Å². The monoisotopic (exact) mass is 260 g/mol. The summed E-state index contributed by atoms with van der Waals surface area (Å²) in [4.78, 5) is 15.9. The zero-order chi connectivity index (χ0) is 13.5. The average molecular weight is 260 g/mol. The predicted octanol–water partition coefficient (Wildman–Crippen LogP) is 0.378. The van der Waals surface area contributed by atoms with Crippen molar-refractivity contribution >= 4 is 5.91 Å². The molecule has 2 rings (SSSR count). The minimum absolute atomic E-state index is 0.0847. The second kappa shape index (κ2) is 6.58. The summed E-state index contributed by atoms with van der Waals surface area (Å²) in [5.74, 6) is -0.0847. The van der Waals surface area contributed by atoms with Crippen molar-refractivity contribution in [3.8, 4) is 0 Å². The Balaban J connectivity index is 1.70. The lowest BCUT2D eigenvalue weighted by atomic mass is 10.1. The number of nitrogens with zero attached hydrogens (tertiary/aromatic N) is 5. The van der Waals surface area contributed by atoms with E-state index in [2.05, 4.69) is 25.8 Å². The van der Waals surface area contributed by atoms with Crippen LogP contribution in [0.4, 0.5) is 0 Å². The van der Waals surface area contributed by atoms with Crippen LogP contribution >= 0.6 is 0 Å². The van der Waals surface area contributed by atoms with Gasteiger partial charge < -0.3 is 5.32 Å². The van der Waals surface area contributed by atoms with Crippen molar-refractivity contribution in [2.75, 3.05) is 6.54 Å². The Kier molecular flexibility index (Phi) is 4.54. The molecule has 1 amide bonds. The molecule has 0 bridgehead atoms. The van der Waals surface area contributed by atoms with Gasteiger partial charge in [0.1, 0.15) is 12.4 Å². The average Bonchev–Trinajstić information content (AvgIpc) is 2.98. The molecule has 0 aliphatic carbocycles. The largest absolute Gasteiger partial charge is 0.354 e. The van der Waals surface area contributed by atoms with E-state index in [4.69, 9.17) is 0 Å². The van der Waals surface area contributed by atoms with Crippen LogP contribution in [0.15, 0.2) is 30.9 Å². The lowest BCUT2D eigenvalue weighted by Crippen LogP contribution is -2.32. The van der Waals surface area contributed by atoms with Gasteiger partial charge in [-0.05, 0) is 41.8 Å². The molecular weight excluding hydrogens is 244 g/mol. The smallest absolute Gasteiger partial charge is 0.244 e. The zero-order valence-corrected chi connectivity index (χ0v) is 10.7. The van der Waals surface area contributed by atoms with Crippen LogP contribution < -0.4 is 5.32 Å². The standard InChI is InChI=1S/C12H16N6O/c1-10(18-9-15-16-17-18)12(19)14-7-3-5-11-4-2-6-13-8-11/h2,4,6,8-10H,3,5,7H2,1H3,(H,14,19)/t10-/m0/s1. The number of aromatic nitrogens is 5.